The Morgan fingerprint density at radius 3 is 2.52 bits per heavy atom. The van der Waals surface area contributed by atoms with Crippen LogP contribution in [0.2, 0.25) is 0 Å². The van der Waals surface area contributed by atoms with E-state index >= 15 is 0 Å². The van der Waals surface area contributed by atoms with E-state index in [2.05, 4.69) is 25.4 Å². The predicted octanol–water partition coefficient (Wildman–Crippen LogP) is 1.36. The van der Waals surface area contributed by atoms with Crippen molar-refractivity contribution < 1.29 is 10.2 Å². The van der Waals surface area contributed by atoms with Crippen molar-refractivity contribution in [1.82, 2.24) is 0 Å². The molecule has 0 aromatic carbocycles. The fourth-order valence-corrected chi connectivity index (χ4v) is 6.73. The topological polar surface area (TPSA) is 131 Å². The molecule has 0 bridgehead atoms. The largest absolute Gasteiger partial charge is 0.396 e. The molecule has 27 heavy (non-hydrogen) atoms. The van der Waals surface area contributed by atoms with Gasteiger partial charge in [-0.25, -0.2) is 0 Å². The van der Waals surface area contributed by atoms with E-state index in [-0.39, 0.29) is 41.5 Å². The maximum atomic E-state index is 10.1. The third kappa shape index (κ3) is 3.40. The first-order valence-corrected chi connectivity index (χ1v) is 10.4. The summed E-state index contributed by atoms with van der Waals surface area (Å²) in [6.07, 6.45) is 5.16. The van der Waals surface area contributed by atoms with Gasteiger partial charge in [0.05, 0.1) is 6.10 Å². The van der Waals surface area contributed by atoms with Crippen molar-refractivity contribution in [3.8, 4) is 0 Å². The maximum Gasteiger partial charge on any atom is 0.185 e. The number of nitrogens with two attached hydrogens (primary N) is 3. The van der Waals surface area contributed by atoms with Gasteiger partial charge in [0.2, 0.25) is 0 Å². The first-order chi connectivity index (χ1) is 12.6. The van der Waals surface area contributed by atoms with E-state index in [1.165, 1.54) is 5.57 Å². The van der Waals surface area contributed by atoms with Crippen LogP contribution in [0.1, 0.15) is 52.4 Å². The Kier molecular flexibility index (Phi) is 5.63. The molecule has 6 heteroatoms. The number of hydrogen-bond acceptors (Lipinski definition) is 4. The summed E-state index contributed by atoms with van der Waals surface area (Å²) in [6, 6.07) is 0.0371. The number of guanidine groups is 1. The lowest BCUT2D eigenvalue weighted by Crippen LogP contribution is -2.52. The average molecular weight is 379 g/mol. The average Bonchev–Trinajstić information content (AvgIpc) is 2.85. The van der Waals surface area contributed by atoms with Crippen LogP contribution < -0.4 is 17.2 Å². The van der Waals surface area contributed by atoms with E-state index in [1.807, 2.05) is 0 Å². The van der Waals surface area contributed by atoms with E-state index in [9.17, 15) is 10.2 Å². The molecule has 0 aromatic heterocycles. The molecule has 0 aromatic rings. The molecule has 0 radical (unpaired) electrons. The van der Waals surface area contributed by atoms with Gasteiger partial charge in [0.1, 0.15) is 0 Å². The van der Waals surface area contributed by atoms with Gasteiger partial charge in [-0.1, -0.05) is 26.0 Å². The van der Waals surface area contributed by atoms with Crippen molar-refractivity contribution in [1.29, 1.82) is 0 Å². The Labute approximate surface area is 163 Å². The molecule has 3 aliphatic carbocycles. The van der Waals surface area contributed by atoms with Gasteiger partial charge in [-0.15, -0.1) is 0 Å². The summed E-state index contributed by atoms with van der Waals surface area (Å²) in [5.74, 6) is 1.36. The van der Waals surface area contributed by atoms with Crippen molar-refractivity contribution in [2.45, 2.75) is 64.5 Å². The predicted molar refractivity (Wildman–Crippen MR) is 109 cm³/mol. The molecule has 0 amide bonds. The molecular formula is C21H38N4O2. The SMILES string of the molecule is C=C1C(N)CC2[C@H](CN=C(N)N)C([C@@]3(C)CC[C@H](O)C[C@@H]3CO)CC[C@]12C. The molecule has 8 N–H and O–H groups in total. The third-order valence-corrected chi connectivity index (χ3v) is 8.57. The third-order valence-electron chi connectivity index (χ3n) is 8.57. The van der Waals surface area contributed by atoms with Gasteiger partial charge in [-0.05, 0) is 73.0 Å². The van der Waals surface area contributed by atoms with Crippen LogP contribution in [0.3, 0.4) is 0 Å². The molecule has 0 spiro atoms. The highest BCUT2D eigenvalue weighted by molar-refractivity contribution is 5.75. The van der Waals surface area contributed by atoms with E-state index in [4.69, 9.17) is 17.2 Å². The Balaban J connectivity index is 1.96. The van der Waals surface area contributed by atoms with Gasteiger partial charge in [-0.2, -0.15) is 0 Å². The summed E-state index contributed by atoms with van der Waals surface area (Å²) in [5, 5.41) is 20.2. The molecular weight excluding hydrogens is 340 g/mol. The quantitative estimate of drug-likeness (QED) is 0.286. The Bertz CT molecular complexity index is 605. The summed E-state index contributed by atoms with van der Waals surface area (Å²) in [7, 11) is 0. The van der Waals surface area contributed by atoms with Gasteiger partial charge in [0.25, 0.3) is 0 Å². The zero-order valence-electron chi connectivity index (χ0n) is 16.9. The van der Waals surface area contributed by atoms with Gasteiger partial charge >= 0.3 is 0 Å². The summed E-state index contributed by atoms with van der Waals surface area (Å²) >= 11 is 0. The first kappa shape index (κ1) is 20.6. The molecule has 3 rings (SSSR count). The molecule has 0 saturated heterocycles. The molecule has 6 nitrogen and oxygen atoms in total. The monoisotopic (exact) mass is 378 g/mol. The van der Waals surface area contributed by atoms with Crippen LogP contribution in [0.15, 0.2) is 17.1 Å². The number of fused-ring (bicyclic) bond motifs is 1. The van der Waals surface area contributed by atoms with Gasteiger partial charge in [0, 0.05) is 19.2 Å². The van der Waals surface area contributed by atoms with Gasteiger partial charge in [-0.3, -0.25) is 4.99 Å². The number of aliphatic hydroxyl groups is 2. The van der Waals surface area contributed by atoms with Crippen LogP contribution in [-0.4, -0.2) is 41.5 Å². The van der Waals surface area contributed by atoms with Crippen molar-refractivity contribution >= 4 is 5.96 Å². The minimum absolute atomic E-state index is 0.0210. The summed E-state index contributed by atoms with van der Waals surface area (Å²) in [5.41, 5.74) is 19.0. The maximum absolute atomic E-state index is 10.1. The first-order valence-electron chi connectivity index (χ1n) is 10.4. The highest BCUT2D eigenvalue weighted by Crippen LogP contribution is 2.63. The van der Waals surface area contributed by atoms with E-state index in [0.29, 0.717) is 30.7 Å². The van der Waals surface area contributed by atoms with E-state index in [1.54, 1.807) is 0 Å². The molecule has 0 heterocycles. The van der Waals surface area contributed by atoms with Crippen molar-refractivity contribution in [3.63, 3.8) is 0 Å². The number of aliphatic hydroxyl groups excluding tert-OH is 2. The van der Waals surface area contributed by atoms with Gasteiger partial charge in [0.15, 0.2) is 5.96 Å². The number of rotatable bonds is 4. The minimum atomic E-state index is -0.306. The number of hydrogen-bond donors (Lipinski definition) is 5. The number of nitrogens with zero attached hydrogens (tertiary/aromatic N) is 1. The zero-order chi connectivity index (χ0) is 20.0. The lowest BCUT2D eigenvalue weighted by atomic mass is 9.49. The Morgan fingerprint density at radius 1 is 1.19 bits per heavy atom. The molecule has 8 atom stereocenters. The summed E-state index contributed by atoms with van der Waals surface area (Å²) in [6.45, 7) is 9.67. The van der Waals surface area contributed by atoms with E-state index < -0.39 is 0 Å². The lowest BCUT2D eigenvalue weighted by Gasteiger charge is -2.56. The smallest absolute Gasteiger partial charge is 0.185 e. The standard InChI is InChI=1S/C21H38N4O2/c1-12-18(22)9-17-15(10-25-19(23)24)16(5-7-20(12,17)2)21(3)6-4-14(27)8-13(21)11-26/h13-18,26-27H,1,4-11,22H2,2-3H3,(H4,23,24,25)/t13-,14+,15-,16?,17?,18?,20-,21+/m1/s1. The van der Waals surface area contributed by atoms with Crippen LogP contribution in [0.5, 0.6) is 0 Å². The second-order valence-corrected chi connectivity index (χ2v) is 9.78. The molecule has 3 unspecified atom stereocenters. The van der Waals surface area contributed by atoms with Crippen LogP contribution in [0, 0.1) is 34.5 Å². The Hall–Kier alpha value is -1.11. The van der Waals surface area contributed by atoms with Crippen molar-refractivity contribution in [2.24, 2.45) is 56.7 Å². The van der Waals surface area contributed by atoms with Crippen LogP contribution >= 0.6 is 0 Å². The molecule has 3 aliphatic rings. The summed E-state index contributed by atoms with van der Waals surface area (Å²) < 4.78 is 0. The normalized spacial score (nSPS) is 47.5. The van der Waals surface area contributed by atoms with Crippen LogP contribution in [-0.2, 0) is 0 Å². The van der Waals surface area contributed by atoms with Gasteiger partial charge < -0.3 is 27.4 Å². The highest BCUT2D eigenvalue weighted by atomic mass is 16.3. The molecule has 3 saturated carbocycles. The van der Waals surface area contributed by atoms with Crippen LogP contribution in [0.25, 0.3) is 0 Å². The molecule has 154 valence electrons. The van der Waals surface area contributed by atoms with Crippen LogP contribution in [0.4, 0.5) is 0 Å². The van der Waals surface area contributed by atoms with E-state index in [0.717, 1.165) is 32.1 Å². The lowest BCUT2D eigenvalue weighted by molar-refractivity contribution is -0.0916. The zero-order valence-corrected chi connectivity index (χ0v) is 16.9. The molecule has 0 aliphatic heterocycles. The second-order valence-electron chi connectivity index (χ2n) is 9.78. The second kappa shape index (κ2) is 7.37. The molecule has 3 fully saturated rings. The fourth-order valence-electron chi connectivity index (χ4n) is 6.73. The Morgan fingerprint density at radius 2 is 1.89 bits per heavy atom. The number of aliphatic imine (C=N–C) groups is 1. The highest BCUT2D eigenvalue weighted by Gasteiger charge is 2.58. The summed E-state index contributed by atoms with van der Waals surface area (Å²) in [4.78, 5) is 4.42. The van der Waals surface area contributed by atoms with Crippen molar-refractivity contribution in [2.75, 3.05) is 13.2 Å². The minimum Gasteiger partial charge on any atom is -0.396 e. The fraction of sp³-hybridized carbons (Fsp3) is 0.857. The van der Waals surface area contributed by atoms with Crippen molar-refractivity contribution in [3.05, 3.63) is 12.2 Å².